The van der Waals surface area contributed by atoms with Crippen molar-refractivity contribution in [2.75, 3.05) is 12.4 Å². The molecule has 0 aliphatic heterocycles. The van der Waals surface area contributed by atoms with Crippen molar-refractivity contribution in [3.05, 3.63) is 29.1 Å². The van der Waals surface area contributed by atoms with Gasteiger partial charge in [0.05, 0.1) is 5.69 Å². The zero-order chi connectivity index (χ0) is 9.10. The number of hydrogen-bond acceptors (Lipinski definition) is 4. The first-order chi connectivity index (χ1) is 6.40. The van der Waals surface area contributed by atoms with Crippen molar-refractivity contribution >= 4 is 17.3 Å². The Morgan fingerprint density at radius 2 is 2.31 bits per heavy atom. The van der Waals surface area contributed by atoms with Gasteiger partial charge >= 0.3 is 0 Å². The van der Waals surface area contributed by atoms with E-state index >= 15 is 0 Å². The van der Waals surface area contributed by atoms with Crippen LogP contribution in [0.15, 0.2) is 29.1 Å². The number of rotatable bonds is 2. The van der Waals surface area contributed by atoms with Gasteiger partial charge in [0.2, 0.25) is 5.95 Å². The summed E-state index contributed by atoms with van der Waals surface area (Å²) in [5, 5.41) is 7.02. The standard InChI is InChI=1S/C9H9N3S/c1-10-9-11-4-2-8(12-9)7-3-5-13-6-7/h2-6H,1H3,(H,10,11,12). The van der Waals surface area contributed by atoms with Gasteiger partial charge in [0, 0.05) is 24.2 Å². The first kappa shape index (κ1) is 8.19. The van der Waals surface area contributed by atoms with Gasteiger partial charge in [-0.3, -0.25) is 0 Å². The normalized spacial score (nSPS) is 9.92. The zero-order valence-electron chi connectivity index (χ0n) is 7.19. The van der Waals surface area contributed by atoms with E-state index in [0.717, 1.165) is 11.3 Å². The predicted molar refractivity (Wildman–Crippen MR) is 54.9 cm³/mol. The van der Waals surface area contributed by atoms with Crippen LogP contribution in [-0.4, -0.2) is 17.0 Å². The van der Waals surface area contributed by atoms with Crippen LogP contribution < -0.4 is 5.32 Å². The van der Waals surface area contributed by atoms with E-state index in [4.69, 9.17) is 0 Å². The largest absolute Gasteiger partial charge is 0.357 e. The van der Waals surface area contributed by atoms with E-state index in [2.05, 4.69) is 20.7 Å². The van der Waals surface area contributed by atoms with Crippen molar-refractivity contribution in [2.45, 2.75) is 0 Å². The minimum absolute atomic E-state index is 0.656. The van der Waals surface area contributed by atoms with E-state index < -0.39 is 0 Å². The van der Waals surface area contributed by atoms with Gasteiger partial charge in [0.15, 0.2) is 0 Å². The SMILES string of the molecule is CNc1nccc(-c2ccsc2)n1. The summed E-state index contributed by atoms with van der Waals surface area (Å²) in [6.45, 7) is 0. The fourth-order valence-corrected chi connectivity index (χ4v) is 1.70. The van der Waals surface area contributed by atoms with Crippen molar-refractivity contribution in [1.29, 1.82) is 0 Å². The van der Waals surface area contributed by atoms with E-state index in [1.807, 2.05) is 24.6 Å². The van der Waals surface area contributed by atoms with Crippen LogP contribution in [0.4, 0.5) is 5.95 Å². The van der Waals surface area contributed by atoms with Crippen LogP contribution in [-0.2, 0) is 0 Å². The summed E-state index contributed by atoms with van der Waals surface area (Å²) in [6.07, 6.45) is 1.76. The smallest absolute Gasteiger partial charge is 0.222 e. The second-order valence-corrected chi connectivity index (χ2v) is 3.31. The minimum atomic E-state index is 0.656. The topological polar surface area (TPSA) is 37.8 Å². The lowest BCUT2D eigenvalue weighted by atomic mass is 10.2. The Bertz CT molecular complexity index is 384. The van der Waals surface area contributed by atoms with E-state index in [1.54, 1.807) is 17.5 Å². The summed E-state index contributed by atoms with van der Waals surface area (Å²) in [5.74, 6) is 0.656. The average molecular weight is 191 g/mol. The molecular formula is C9H9N3S. The first-order valence-corrected chi connectivity index (χ1v) is 4.88. The molecule has 2 aromatic heterocycles. The average Bonchev–Trinajstić information content (AvgIpc) is 2.71. The minimum Gasteiger partial charge on any atom is -0.357 e. The molecule has 2 heterocycles. The lowest BCUT2D eigenvalue weighted by Crippen LogP contribution is -1.95. The van der Waals surface area contributed by atoms with Crippen LogP contribution in [0.3, 0.4) is 0 Å². The fourth-order valence-electron chi connectivity index (χ4n) is 1.05. The van der Waals surface area contributed by atoms with E-state index in [0.29, 0.717) is 5.95 Å². The molecule has 2 aromatic rings. The number of nitrogens with one attached hydrogen (secondary N) is 1. The van der Waals surface area contributed by atoms with E-state index in [9.17, 15) is 0 Å². The number of anilines is 1. The van der Waals surface area contributed by atoms with Gasteiger partial charge in [-0.25, -0.2) is 9.97 Å². The van der Waals surface area contributed by atoms with Gasteiger partial charge in [-0.1, -0.05) is 0 Å². The molecule has 0 amide bonds. The zero-order valence-corrected chi connectivity index (χ0v) is 8.01. The van der Waals surface area contributed by atoms with Crippen molar-refractivity contribution in [3.8, 4) is 11.3 Å². The number of aromatic nitrogens is 2. The fraction of sp³-hybridized carbons (Fsp3) is 0.111. The molecule has 0 saturated heterocycles. The molecule has 0 aromatic carbocycles. The van der Waals surface area contributed by atoms with Crippen LogP contribution in [0, 0.1) is 0 Å². The van der Waals surface area contributed by atoms with Gasteiger partial charge in [0.25, 0.3) is 0 Å². The summed E-state index contributed by atoms with van der Waals surface area (Å²) in [7, 11) is 1.81. The number of hydrogen-bond donors (Lipinski definition) is 1. The van der Waals surface area contributed by atoms with Crippen LogP contribution in [0.25, 0.3) is 11.3 Å². The third-order valence-electron chi connectivity index (χ3n) is 1.70. The molecule has 0 aliphatic carbocycles. The van der Waals surface area contributed by atoms with Gasteiger partial charge in [-0.15, -0.1) is 0 Å². The Hall–Kier alpha value is -1.42. The highest BCUT2D eigenvalue weighted by Gasteiger charge is 2.00. The monoisotopic (exact) mass is 191 g/mol. The molecule has 2 rings (SSSR count). The van der Waals surface area contributed by atoms with Crippen molar-refractivity contribution < 1.29 is 0 Å². The van der Waals surface area contributed by atoms with Gasteiger partial charge in [0.1, 0.15) is 0 Å². The molecule has 0 atom stereocenters. The summed E-state index contributed by atoms with van der Waals surface area (Å²) >= 11 is 1.67. The lowest BCUT2D eigenvalue weighted by Gasteiger charge is -1.99. The Labute approximate surface area is 80.5 Å². The number of nitrogens with zero attached hydrogens (tertiary/aromatic N) is 2. The first-order valence-electron chi connectivity index (χ1n) is 3.93. The van der Waals surface area contributed by atoms with E-state index in [-0.39, 0.29) is 0 Å². The van der Waals surface area contributed by atoms with Crippen molar-refractivity contribution in [2.24, 2.45) is 0 Å². The molecule has 0 fully saturated rings. The maximum atomic E-state index is 4.32. The van der Waals surface area contributed by atoms with Crippen LogP contribution in [0.5, 0.6) is 0 Å². The molecule has 13 heavy (non-hydrogen) atoms. The highest BCUT2D eigenvalue weighted by Crippen LogP contribution is 2.19. The Morgan fingerprint density at radius 3 is 3.00 bits per heavy atom. The maximum Gasteiger partial charge on any atom is 0.222 e. The molecule has 0 bridgehead atoms. The molecule has 66 valence electrons. The van der Waals surface area contributed by atoms with Gasteiger partial charge < -0.3 is 5.32 Å². The molecule has 4 heteroatoms. The third kappa shape index (κ3) is 1.67. The predicted octanol–water partition coefficient (Wildman–Crippen LogP) is 2.25. The third-order valence-corrected chi connectivity index (χ3v) is 2.38. The highest BCUT2D eigenvalue weighted by atomic mass is 32.1. The van der Waals surface area contributed by atoms with Crippen molar-refractivity contribution in [1.82, 2.24) is 9.97 Å². The second kappa shape index (κ2) is 3.53. The second-order valence-electron chi connectivity index (χ2n) is 2.53. The Morgan fingerprint density at radius 1 is 1.38 bits per heavy atom. The van der Waals surface area contributed by atoms with Crippen LogP contribution in [0.1, 0.15) is 0 Å². The Kier molecular flexibility index (Phi) is 2.23. The Balaban J connectivity index is 2.41. The van der Waals surface area contributed by atoms with Gasteiger partial charge in [-0.2, -0.15) is 11.3 Å². The summed E-state index contributed by atoms with van der Waals surface area (Å²) in [6, 6.07) is 3.95. The molecular weight excluding hydrogens is 182 g/mol. The number of thiophene rings is 1. The molecule has 0 unspecified atom stereocenters. The molecule has 0 saturated carbocycles. The van der Waals surface area contributed by atoms with Crippen molar-refractivity contribution in [3.63, 3.8) is 0 Å². The highest BCUT2D eigenvalue weighted by molar-refractivity contribution is 7.08. The summed E-state index contributed by atoms with van der Waals surface area (Å²) < 4.78 is 0. The van der Waals surface area contributed by atoms with Gasteiger partial charge in [-0.05, 0) is 17.5 Å². The molecule has 0 aliphatic rings. The summed E-state index contributed by atoms with van der Waals surface area (Å²) in [4.78, 5) is 8.37. The summed E-state index contributed by atoms with van der Waals surface area (Å²) in [5.41, 5.74) is 2.10. The molecule has 3 nitrogen and oxygen atoms in total. The van der Waals surface area contributed by atoms with E-state index in [1.165, 1.54) is 0 Å². The molecule has 0 spiro atoms. The lowest BCUT2D eigenvalue weighted by molar-refractivity contribution is 1.16. The van der Waals surface area contributed by atoms with Crippen LogP contribution in [0.2, 0.25) is 0 Å². The maximum absolute atomic E-state index is 4.32. The molecule has 1 N–H and O–H groups in total. The molecule has 0 radical (unpaired) electrons. The van der Waals surface area contributed by atoms with Crippen LogP contribution >= 0.6 is 11.3 Å². The quantitative estimate of drug-likeness (QED) is 0.791.